The molecule has 112 valence electrons. The Bertz CT molecular complexity index is 268. The van der Waals surface area contributed by atoms with Gasteiger partial charge in [0.2, 0.25) is 0 Å². The normalized spacial score (nSPS) is 11.4. The first-order valence-electron chi connectivity index (χ1n) is 7.69. The summed E-state index contributed by atoms with van der Waals surface area (Å²) in [6.07, 6.45) is 4.54. The van der Waals surface area contributed by atoms with E-state index in [9.17, 15) is 4.79 Å². The molecule has 0 saturated heterocycles. The van der Waals surface area contributed by atoms with Crippen molar-refractivity contribution in [2.75, 3.05) is 32.8 Å². The molecule has 0 fully saturated rings. The predicted octanol–water partition coefficient (Wildman–Crippen LogP) is 3.54. The first kappa shape index (κ1) is 18.2. The monoisotopic (exact) mass is 270 g/mol. The summed E-state index contributed by atoms with van der Waals surface area (Å²) in [6, 6.07) is 0. The van der Waals surface area contributed by atoms with Gasteiger partial charge in [0.05, 0.1) is 32.8 Å². The molecule has 0 aliphatic rings. The molecule has 0 aromatic rings. The number of rotatable bonds is 11. The fourth-order valence-corrected chi connectivity index (χ4v) is 2.60. The largest absolute Gasteiger partial charge is 0.462 e. The SMILES string of the molecule is C=C(C)C(=O)OCCCC[N+](CC)(CCC)CCC. The van der Waals surface area contributed by atoms with Crippen LogP contribution >= 0.6 is 0 Å². The van der Waals surface area contributed by atoms with Crippen LogP contribution in [0.25, 0.3) is 0 Å². The van der Waals surface area contributed by atoms with Gasteiger partial charge in [0.15, 0.2) is 0 Å². The van der Waals surface area contributed by atoms with E-state index in [-0.39, 0.29) is 5.97 Å². The first-order chi connectivity index (χ1) is 9.01. The number of esters is 1. The maximum atomic E-state index is 11.2. The van der Waals surface area contributed by atoms with Crippen molar-refractivity contribution in [3.63, 3.8) is 0 Å². The van der Waals surface area contributed by atoms with Gasteiger partial charge in [-0.15, -0.1) is 0 Å². The van der Waals surface area contributed by atoms with Crippen LogP contribution in [0.2, 0.25) is 0 Å². The van der Waals surface area contributed by atoms with Crippen molar-refractivity contribution in [3.8, 4) is 0 Å². The van der Waals surface area contributed by atoms with Crippen LogP contribution in [0.1, 0.15) is 53.4 Å². The number of hydrogen-bond donors (Lipinski definition) is 0. The Morgan fingerprint density at radius 3 is 2.05 bits per heavy atom. The van der Waals surface area contributed by atoms with Crippen molar-refractivity contribution < 1.29 is 14.0 Å². The molecule has 0 unspecified atom stereocenters. The third-order valence-electron chi connectivity index (χ3n) is 3.68. The molecule has 0 bridgehead atoms. The molecule has 0 spiro atoms. The fourth-order valence-electron chi connectivity index (χ4n) is 2.60. The zero-order valence-corrected chi connectivity index (χ0v) is 13.3. The quantitative estimate of drug-likeness (QED) is 0.248. The van der Waals surface area contributed by atoms with Crippen LogP contribution in [0.4, 0.5) is 0 Å². The van der Waals surface area contributed by atoms with Crippen LogP contribution in [0.5, 0.6) is 0 Å². The fraction of sp³-hybridized carbons (Fsp3) is 0.812. The minimum absolute atomic E-state index is 0.265. The lowest BCUT2D eigenvalue weighted by molar-refractivity contribution is -0.926. The van der Waals surface area contributed by atoms with Gasteiger partial charge < -0.3 is 9.22 Å². The van der Waals surface area contributed by atoms with Crippen molar-refractivity contribution in [2.45, 2.75) is 53.4 Å². The number of carbonyl (C=O) groups is 1. The topological polar surface area (TPSA) is 26.3 Å². The Labute approximate surface area is 119 Å². The molecule has 19 heavy (non-hydrogen) atoms. The van der Waals surface area contributed by atoms with Gasteiger partial charge in [-0.25, -0.2) is 4.79 Å². The van der Waals surface area contributed by atoms with E-state index < -0.39 is 0 Å². The summed E-state index contributed by atoms with van der Waals surface area (Å²) in [6.45, 7) is 17.5. The Morgan fingerprint density at radius 1 is 1.05 bits per heavy atom. The molecule has 0 rings (SSSR count). The average Bonchev–Trinajstić information content (AvgIpc) is 2.38. The van der Waals surface area contributed by atoms with E-state index in [1.165, 1.54) is 43.5 Å². The van der Waals surface area contributed by atoms with Gasteiger partial charge in [-0.1, -0.05) is 20.4 Å². The zero-order chi connectivity index (χ0) is 14.7. The molecule has 3 nitrogen and oxygen atoms in total. The average molecular weight is 270 g/mol. The summed E-state index contributed by atoms with van der Waals surface area (Å²) in [5, 5.41) is 0. The highest BCUT2D eigenvalue weighted by Crippen LogP contribution is 2.12. The van der Waals surface area contributed by atoms with Gasteiger partial charge in [0.1, 0.15) is 0 Å². The van der Waals surface area contributed by atoms with Crippen molar-refractivity contribution in [1.29, 1.82) is 0 Å². The van der Waals surface area contributed by atoms with E-state index in [1.54, 1.807) is 6.92 Å². The molecule has 0 aliphatic heterocycles. The summed E-state index contributed by atoms with van der Waals surface area (Å²) < 4.78 is 6.34. The Morgan fingerprint density at radius 2 is 1.63 bits per heavy atom. The van der Waals surface area contributed by atoms with E-state index in [2.05, 4.69) is 27.4 Å². The van der Waals surface area contributed by atoms with E-state index in [0.717, 1.165) is 12.8 Å². The minimum Gasteiger partial charge on any atom is -0.462 e. The van der Waals surface area contributed by atoms with Gasteiger partial charge in [0, 0.05) is 5.57 Å². The highest BCUT2D eigenvalue weighted by atomic mass is 16.5. The molecule has 0 aromatic heterocycles. The summed E-state index contributed by atoms with van der Waals surface area (Å²) in [4.78, 5) is 11.2. The van der Waals surface area contributed by atoms with E-state index >= 15 is 0 Å². The molecule has 0 saturated carbocycles. The number of ether oxygens (including phenoxy) is 1. The van der Waals surface area contributed by atoms with E-state index in [0.29, 0.717) is 12.2 Å². The molecule has 0 heterocycles. The molecule has 3 heteroatoms. The van der Waals surface area contributed by atoms with Crippen molar-refractivity contribution in [1.82, 2.24) is 0 Å². The summed E-state index contributed by atoms with van der Waals surface area (Å²) in [5.74, 6) is -0.265. The van der Waals surface area contributed by atoms with Crippen LogP contribution in [0.15, 0.2) is 12.2 Å². The minimum atomic E-state index is -0.265. The van der Waals surface area contributed by atoms with Crippen molar-refractivity contribution in [3.05, 3.63) is 12.2 Å². The maximum Gasteiger partial charge on any atom is 0.333 e. The van der Waals surface area contributed by atoms with Crippen LogP contribution in [-0.4, -0.2) is 43.2 Å². The summed E-state index contributed by atoms with van der Waals surface area (Å²) in [5.41, 5.74) is 0.482. The highest BCUT2D eigenvalue weighted by molar-refractivity contribution is 5.86. The Kier molecular flexibility index (Phi) is 9.58. The second-order valence-corrected chi connectivity index (χ2v) is 5.45. The number of nitrogens with zero attached hydrogens (tertiary/aromatic N) is 1. The van der Waals surface area contributed by atoms with Crippen LogP contribution in [-0.2, 0) is 9.53 Å². The second-order valence-electron chi connectivity index (χ2n) is 5.45. The number of unbranched alkanes of at least 4 members (excludes halogenated alkanes) is 1. The molecule has 0 amide bonds. The van der Waals surface area contributed by atoms with Crippen LogP contribution < -0.4 is 0 Å². The Balaban J connectivity index is 3.99. The van der Waals surface area contributed by atoms with Crippen molar-refractivity contribution in [2.24, 2.45) is 0 Å². The summed E-state index contributed by atoms with van der Waals surface area (Å²) in [7, 11) is 0. The summed E-state index contributed by atoms with van der Waals surface area (Å²) >= 11 is 0. The molecule has 0 atom stereocenters. The van der Waals surface area contributed by atoms with Crippen molar-refractivity contribution >= 4 is 5.97 Å². The van der Waals surface area contributed by atoms with E-state index in [4.69, 9.17) is 4.74 Å². The van der Waals surface area contributed by atoms with Gasteiger partial charge >= 0.3 is 5.97 Å². The van der Waals surface area contributed by atoms with Gasteiger partial charge in [0.25, 0.3) is 0 Å². The Hall–Kier alpha value is -0.830. The lowest BCUT2D eigenvalue weighted by Gasteiger charge is -2.37. The van der Waals surface area contributed by atoms with Crippen LogP contribution in [0.3, 0.4) is 0 Å². The third kappa shape index (κ3) is 7.36. The standard InChI is InChI=1S/C16H32NO2/c1-6-11-17(8-3,12-7-2)13-9-10-14-19-16(18)15(4)5/h4,6-14H2,1-3,5H3/q+1. The smallest absolute Gasteiger partial charge is 0.333 e. The second kappa shape index (κ2) is 10.0. The highest BCUT2D eigenvalue weighted by Gasteiger charge is 2.22. The van der Waals surface area contributed by atoms with Crippen LogP contribution in [0, 0.1) is 0 Å². The van der Waals surface area contributed by atoms with Gasteiger partial charge in [-0.3, -0.25) is 0 Å². The number of hydrogen-bond acceptors (Lipinski definition) is 2. The van der Waals surface area contributed by atoms with Gasteiger partial charge in [-0.05, 0) is 39.5 Å². The molecule has 0 aliphatic carbocycles. The lowest BCUT2D eigenvalue weighted by atomic mass is 10.2. The molecule has 0 aromatic carbocycles. The molecule has 0 radical (unpaired) electrons. The molecular weight excluding hydrogens is 238 g/mol. The number of carbonyl (C=O) groups excluding carboxylic acids is 1. The predicted molar refractivity (Wildman–Crippen MR) is 81.0 cm³/mol. The zero-order valence-electron chi connectivity index (χ0n) is 13.3. The van der Waals surface area contributed by atoms with E-state index in [1.807, 2.05) is 0 Å². The first-order valence-corrected chi connectivity index (χ1v) is 7.69. The maximum absolute atomic E-state index is 11.2. The molecular formula is C16H32NO2+. The lowest BCUT2D eigenvalue weighted by Crippen LogP contribution is -2.49. The third-order valence-corrected chi connectivity index (χ3v) is 3.68. The van der Waals surface area contributed by atoms with Gasteiger partial charge in [-0.2, -0.15) is 0 Å². The number of quaternary nitrogens is 1. The molecule has 0 N–H and O–H groups in total.